The molecule has 0 spiro atoms. The molecular weight excluding hydrogens is 272 g/mol. The van der Waals surface area contributed by atoms with Gasteiger partial charge in [-0.1, -0.05) is 24.6 Å². The van der Waals surface area contributed by atoms with E-state index in [1.807, 2.05) is 4.90 Å². The third kappa shape index (κ3) is 1.83. The van der Waals surface area contributed by atoms with Crippen molar-refractivity contribution < 1.29 is 4.79 Å². The van der Waals surface area contributed by atoms with Gasteiger partial charge >= 0.3 is 0 Å². The van der Waals surface area contributed by atoms with E-state index in [-0.39, 0.29) is 18.3 Å². The van der Waals surface area contributed by atoms with Crippen LogP contribution in [0.1, 0.15) is 43.2 Å². The number of hydrogen-bond acceptors (Lipinski definition) is 2. The van der Waals surface area contributed by atoms with E-state index in [1.165, 1.54) is 30.5 Å². The summed E-state index contributed by atoms with van der Waals surface area (Å²) < 4.78 is 0. The van der Waals surface area contributed by atoms with Crippen molar-refractivity contribution in [1.29, 1.82) is 0 Å². The number of fused-ring (bicyclic) bond motifs is 3. The lowest BCUT2D eigenvalue weighted by Crippen LogP contribution is -2.37. The van der Waals surface area contributed by atoms with Crippen LogP contribution in [0.3, 0.4) is 0 Å². The minimum atomic E-state index is 0. The Hall–Kier alpha value is -1.22. The summed E-state index contributed by atoms with van der Waals surface area (Å²) in [4.78, 5) is 16.3. The number of amides is 1. The number of rotatable bonds is 0. The number of carbonyl (C=O) groups excluding carboxylic acids is 1. The Kier molecular flexibility index (Phi) is 3.41. The SMILES string of the molecule is CC(=O)N1CCN2c3c(cccc3C3CCCC32)C1.Cl. The molecule has 0 saturated heterocycles. The summed E-state index contributed by atoms with van der Waals surface area (Å²) in [6, 6.07) is 7.39. The molecule has 0 aromatic heterocycles. The van der Waals surface area contributed by atoms with E-state index in [0.29, 0.717) is 6.04 Å². The van der Waals surface area contributed by atoms with Gasteiger partial charge in [-0.2, -0.15) is 0 Å². The second-order valence-electron chi connectivity index (χ2n) is 6.09. The van der Waals surface area contributed by atoms with Gasteiger partial charge in [-0.15, -0.1) is 12.4 Å². The highest BCUT2D eigenvalue weighted by molar-refractivity contribution is 5.85. The maximum atomic E-state index is 11.7. The van der Waals surface area contributed by atoms with Crippen LogP contribution in [0.5, 0.6) is 0 Å². The molecule has 0 bridgehead atoms. The van der Waals surface area contributed by atoms with Gasteiger partial charge in [-0.3, -0.25) is 4.79 Å². The van der Waals surface area contributed by atoms with Crippen LogP contribution >= 0.6 is 12.4 Å². The Balaban J connectivity index is 0.00000121. The second-order valence-corrected chi connectivity index (χ2v) is 6.09. The van der Waals surface area contributed by atoms with Crippen molar-refractivity contribution in [3.05, 3.63) is 29.3 Å². The minimum Gasteiger partial charge on any atom is -0.366 e. The predicted molar refractivity (Wildman–Crippen MR) is 82.5 cm³/mol. The zero-order valence-electron chi connectivity index (χ0n) is 11.8. The Labute approximate surface area is 126 Å². The summed E-state index contributed by atoms with van der Waals surface area (Å²) in [6.45, 7) is 4.34. The Morgan fingerprint density at radius 3 is 2.90 bits per heavy atom. The lowest BCUT2D eigenvalue weighted by Gasteiger charge is -2.27. The highest BCUT2D eigenvalue weighted by Crippen LogP contribution is 2.51. The highest BCUT2D eigenvalue weighted by Gasteiger charge is 2.43. The average Bonchev–Trinajstić information content (AvgIpc) is 2.90. The van der Waals surface area contributed by atoms with Gasteiger partial charge < -0.3 is 9.80 Å². The Morgan fingerprint density at radius 1 is 1.25 bits per heavy atom. The molecule has 1 aromatic rings. The molecule has 2 aliphatic heterocycles. The van der Waals surface area contributed by atoms with E-state index in [0.717, 1.165) is 25.6 Å². The Morgan fingerprint density at radius 2 is 2.10 bits per heavy atom. The van der Waals surface area contributed by atoms with E-state index >= 15 is 0 Å². The number of para-hydroxylation sites is 1. The van der Waals surface area contributed by atoms with Crippen LogP contribution in [0.4, 0.5) is 5.69 Å². The van der Waals surface area contributed by atoms with E-state index in [4.69, 9.17) is 0 Å². The molecule has 2 atom stereocenters. The standard InChI is InChI=1S/C16H20N2O.ClH/c1-11(19)17-8-9-18-15-7-3-5-13(15)14-6-2-4-12(10-17)16(14)18;/h2,4,6,13,15H,3,5,7-10H2,1H3;1H. The van der Waals surface area contributed by atoms with Crippen LogP contribution in [-0.2, 0) is 11.3 Å². The number of nitrogens with zero attached hydrogens (tertiary/aromatic N) is 2. The molecule has 0 radical (unpaired) electrons. The van der Waals surface area contributed by atoms with Crippen LogP contribution in [0.25, 0.3) is 0 Å². The summed E-state index contributed by atoms with van der Waals surface area (Å²) >= 11 is 0. The molecule has 108 valence electrons. The van der Waals surface area contributed by atoms with Crippen molar-refractivity contribution in [2.75, 3.05) is 18.0 Å². The maximum Gasteiger partial charge on any atom is 0.219 e. The number of benzene rings is 1. The smallest absolute Gasteiger partial charge is 0.219 e. The summed E-state index contributed by atoms with van der Waals surface area (Å²) in [7, 11) is 0. The highest BCUT2D eigenvalue weighted by atomic mass is 35.5. The number of hydrogen-bond donors (Lipinski definition) is 0. The summed E-state index contributed by atoms with van der Waals surface area (Å²) in [6.07, 6.45) is 4.01. The molecule has 1 amide bonds. The van der Waals surface area contributed by atoms with Crippen molar-refractivity contribution in [3.8, 4) is 0 Å². The summed E-state index contributed by atoms with van der Waals surface area (Å²) in [5.41, 5.74) is 4.35. The van der Waals surface area contributed by atoms with E-state index in [1.54, 1.807) is 12.5 Å². The molecular formula is C16H21ClN2O. The minimum absolute atomic E-state index is 0. The van der Waals surface area contributed by atoms with E-state index in [2.05, 4.69) is 23.1 Å². The van der Waals surface area contributed by atoms with Gasteiger partial charge in [0.25, 0.3) is 0 Å². The first-order valence-electron chi connectivity index (χ1n) is 7.39. The van der Waals surface area contributed by atoms with E-state index in [9.17, 15) is 4.79 Å². The normalized spacial score (nSPS) is 26.6. The van der Waals surface area contributed by atoms with Gasteiger partial charge in [-0.25, -0.2) is 0 Å². The van der Waals surface area contributed by atoms with Crippen LogP contribution in [0, 0.1) is 0 Å². The van der Waals surface area contributed by atoms with Gasteiger partial charge in [0.2, 0.25) is 5.91 Å². The molecule has 2 heterocycles. The molecule has 4 heteroatoms. The van der Waals surface area contributed by atoms with Crippen molar-refractivity contribution in [2.45, 2.75) is 44.7 Å². The lowest BCUT2D eigenvalue weighted by atomic mass is 9.96. The van der Waals surface area contributed by atoms with Crippen LogP contribution in [0.15, 0.2) is 18.2 Å². The van der Waals surface area contributed by atoms with E-state index < -0.39 is 0 Å². The van der Waals surface area contributed by atoms with Crippen LogP contribution < -0.4 is 4.90 Å². The Bertz CT molecular complexity index is 545. The fourth-order valence-corrected chi connectivity index (χ4v) is 4.29. The molecule has 1 saturated carbocycles. The van der Waals surface area contributed by atoms with Gasteiger partial charge in [0.15, 0.2) is 0 Å². The molecule has 1 aliphatic carbocycles. The largest absolute Gasteiger partial charge is 0.366 e. The zero-order chi connectivity index (χ0) is 13.0. The number of anilines is 1. The first kappa shape index (κ1) is 13.7. The van der Waals surface area contributed by atoms with Crippen LogP contribution in [-0.4, -0.2) is 29.9 Å². The zero-order valence-corrected chi connectivity index (χ0v) is 12.7. The molecule has 1 aromatic carbocycles. The van der Waals surface area contributed by atoms with Gasteiger partial charge in [-0.05, 0) is 24.0 Å². The quantitative estimate of drug-likeness (QED) is 0.734. The van der Waals surface area contributed by atoms with Crippen molar-refractivity contribution in [3.63, 3.8) is 0 Å². The predicted octanol–water partition coefficient (Wildman–Crippen LogP) is 2.93. The third-order valence-electron chi connectivity index (χ3n) is 5.13. The lowest BCUT2D eigenvalue weighted by molar-refractivity contribution is -0.129. The fourth-order valence-electron chi connectivity index (χ4n) is 4.29. The van der Waals surface area contributed by atoms with Gasteiger partial charge in [0.1, 0.15) is 0 Å². The molecule has 20 heavy (non-hydrogen) atoms. The third-order valence-corrected chi connectivity index (χ3v) is 5.13. The van der Waals surface area contributed by atoms with Crippen LogP contribution in [0.2, 0.25) is 0 Å². The fraction of sp³-hybridized carbons (Fsp3) is 0.562. The summed E-state index contributed by atoms with van der Waals surface area (Å²) in [5, 5.41) is 0. The first-order chi connectivity index (χ1) is 9.25. The molecule has 3 nitrogen and oxygen atoms in total. The topological polar surface area (TPSA) is 23.6 Å². The van der Waals surface area contributed by atoms with Crippen molar-refractivity contribution in [1.82, 2.24) is 4.90 Å². The summed E-state index contributed by atoms with van der Waals surface area (Å²) in [5.74, 6) is 0.945. The number of halogens is 1. The molecule has 0 N–H and O–H groups in total. The van der Waals surface area contributed by atoms with Crippen molar-refractivity contribution >= 4 is 24.0 Å². The average molecular weight is 293 g/mol. The maximum absolute atomic E-state index is 11.7. The molecule has 3 aliphatic rings. The monoisotopic (exact) mass is 292 g/mol. The number of carbonyl (C=O) groups is 1. The second kappa shape index (κ2) is 4.96. The molecule has 4 rings (SSSR count). The van der Waals surface area contributed by atoms with Crippen molar-refractivity contribution in [2.24, 2.45) is 0 Å². The van der Waals surface area contributed by atoms with Gasteiger partial charge in [0.05, 0.1) is 0 Å². The van der Waals surface area contributed by atoms with Gasteiger partial charge in [0, 0.05) is 44.2 Å². The molecule has 1 fully saturated rings. The molecule has 2 unspecified atom stereocenters. The first-order valence-corrected chi connectivity index (χ1v) is 7.39.